The van der Waals surface area contributed by atoms with E-state index in [1.165, 1.54) is 0 Å². The summed E-state index contributed by atoms with van der Waals surface area (Å²) in [5, 5.41) is 2.88. The summed E-state index contributed by atoms with van der Waals surface area (Å²) in [4.78, 5) is 11.5. The van der Waals surface area contributed by atoms with Gasteiger partial charge in [-0.1, -0.05) is 24.6 Å². The van der Waals surface area contributed by atoms with Gasteiger partial charge in [-0.25, -0.2) is 0 Å². The van der Waals surface area contributed by atoms with Crippen LogP contribution in [-0.2, 0) is 0 Å². The molecule has 0 saturated carbocycles. The molecule has 1 aromatic carbocycles. The van der Waals surface area contributed by atoms with Crippen molar-refractivity contribution in [2.24, 2.45) is 5.73 Å². The van der Waals surface area contributed by atoms with E-state index < -0.39 is 0 Å². The van der Waals surface area contributed by atoms with Crippen LogP contribution in [0.4, 0.5) is 0 Å². The molecule has 1 rings (SSSR count). The molecule has 0 spiro atoms. The lowest BCUT2D eigenvalue weighted by Gasteiger charge is -2.04. The van der Waals surface area contributed by atoms with Gasteiger partial charge in [-0.2, -0.15) is 0 Å². The number of hydrogen-bond acceptors (Lipinski definition) is 2. The van der Waals surface area contributed by atoms with Gasteiger partial charge >= 0.3 is 0 Å². The minimum absolute atomic E-state index is 0. The first-order valence-electron chi connectivity index (χ1n) is 5.38. The predicted molar refractivity (Wildman–Crippen MR) is 68.9 cm³/mol. The summed E-state index contributed by atoms with van der Waals surface area (Å²) in [6.07, 6.45) is 3.10. The highest BCUT2D eigenvalue weighted by Gasteiger charge is 2.01. The Hall–Kier alpha value is -1.06. The van der Waals surface area contributed by atoms with Crippen molar-refractivity contribution in [3.63, 3.8) is 0 Å². The van der Waals surface area contributed by atoms with Crippen molar-refractivity contribution in [3.05, 3.63) is 35.9 Å². The zero-order chi connectivity index (χ0) is 10.9. The van der Waals surface area contributed by atoms with Crippen molar-refractivity contribution in [1.82, 2.24) is 5.32 Å². The molecule has 0 heterocycles. The Kier molecular flexibility index (Phi) is 8.58. The molecule has 0 atom stereocenters. The van der Waals surface area contributed by atoms with E-state index >= 15 is 0 Å². The zero-order valence-corrected chi connectivity index (χ0v) is 10.1. The number of nitrogens with two attached hydrogens (primary N) is 1. The van der Waals surface area contributed by atoms with Crippen molar-refractivity contribution < 1.29 is 4.79 Å². The van der Waals surface area contributed by atoms with E-state index in [0.717, 1.165) is 37.9 Å². The van der Waals surface area contributed by atoms with Gasteiger partial charge in [0, 0.05) is 12.1 Å². The standard InChI is InChI=1S/C12H18N2O.ClH/c13-9-5-2-6-10-14-12(15)11-7-3-1-4-8-11;/h1,3-4,7-8H,2,5-6,9-10,13H2,(H,14,15);1H. The van der Waals surface area contributed by atoms with Crippen LogP contribution in [0.15, 0.2) is 30.3 Å². The average molecular weight is 243 g/mol. The predicted octanol–water partition coefficient (Wildman–Crippen LogP) is 1.97. The first kappa shape index (κ1) is 14.9. The molecule has 0 aromatic heterocycles. The van der Waals surface area contributed by atoms with Crippen molar-refractivity contribution in [2.45, 2.75) is 19.3 Å². The van der Waals surface area contributed by atoms with E-state index in [-0.39, 0.29) is 18.3 Å². The third-order valence-corrected chi connectivity index (χ3v) is 2.20. The number of carbonyl (C=O) groups is 1. The highest BCUT2D eigenvalue weighted by molar-refractivity contribution is 5.94. The number of carbonyl (C=O) groups excluding carboxylic acids is 1. The summed E-state index contributed by atoms with van der Waals surface area (Å²) in [7, 11) is 0. The van der Waals surface area contributed by atoms with Crippen molar-refractivity contribution >= 4 is 18.3 Å². The number of nitrogens with one attached hydrogen (secondary N) is 1. The Balaban J connectivity index is 0.00000225. The third kappa shape index (κ3) is 5.73. The number of amides is 1. The Morgan fingerprint density at radius 1 is 1.12 bits per heavy atom. The summed E-state index contributed by atoms with van der Waals surface area (Å²) in [5.74, 6) is 0.00310. The molecule has 0 fully saturated rings. The third-order valence-electron chi connectivity index (χ3n) is 2.20. The Morgan fingerprint density at radius 2 is 1.81 bits per heavy atom. The first-order valence-corrected chi connectivity index (χ1v) is 5.38. The minimum atomic E-state index is 0. The number of rotatable bonds is 6. The van der Waals surface area contributed by atoms with Crippen LogP contribution < -0.4 is 11.1 Å². The maximum atomic E-state index is 11.5. The quantitative estimate of drug-likeness (QED) is 0.750. The molecular formula is C12H19ClN2O. The molecule has 0 aliphatic carbocycles. The van der Waals surface area contributed by atoms with E-state index in [4.69, 9.17) is 5.73 Å². The van der Waals surface area contributed by atoms with Crippen molar-refractivity contribution in [2.75, 3.05) is 13.1 Å². The summed E-state index contributed by atoms with van der Waals surface area (Å²) in [5.41, 5.74) is 6.09. The van der Waals surface area contributed by atoms with Crippen molar-refractivity contribution in [3.8, 4) is 0 Å². The fraction of sp³-hybridized carbons (Fsp3) is 0.417. The Morgan fingerprint density at radius 3 is 2.44 bits per heavy atom. The van der Waals surface area contributed by atoms with Gasteiger partial charge in [-0.3, -0.25) is 4.79 Å². The molecule has 3 nitrogen and oxygen atoms in total. The van der Waals surface area contributed by atoms with Crippen LogP contribution in [0.1, 0.15) is 29.6 Å². The maximum Gasteiger partial charge on any atom is 0.251 e. The average Bonchev–Trinajstić information content (AvgIpc) is 2.30. The molecule has 90 valence electrons. The van der Waals surface area contributed by atoms with Gasteiger partial charge in [-0.05, 0) is 31.5 Å². The molecule has 0 aliphatic rings. The van der Waals surface area contributed by atoms with Crippen LogP contribution in [0.25, 0.3) is 0 Å². The molecule has 0 unspecified atom stereocenters. The topological polar surface area (TPSA) is 55.1 Å². The fourth-order valence-electron chi connectivity index (χ4n) is 1.34. The largest absolute Gasteiger partial charge is 0.352 e. The summed E-state index contributed by atoms with van der Waals surface area (Å²) in [6.45, 7) is 1.46. The Labute approximate surface area is 103 Å². The number of halogens is 1. The maximum absolute atomic E-state index is 11.5. The SMILES string of the molecule is Cl.NCCCCCNC(=O)c1ccccc1. The minimum Gasteiger partial charge on any atom is -0.352 e. The van der Waals surface area contributed by atoms with Crippen LogP contribution in [-0.4, -0.2) is 19.0 Å². The number of unbranched alkanes of at least 4 members (excludes halogenated alkanes) is 2. The lowest BCUT2D eigenvalue weighted by atomic mass is 10.2. The highest BCUT2D eigenvalue weighted by Crippen LogP contribution is 1.98. The van der Waals surface area contributed by atoms with E-state index in [9.17, 15) is 4.79 Å². The first-order chi connectivity index (χ1) is 7.34. The van der Waals surface area contributed by atoms with Crippen LogP contribution in [0, 0.1) is 0 Å². The molecule has 16 heavy (non-hydrogen) atoms. The molecule has 1 amide bonds. The fourth-order valence-corrected chi connectivity index (χ4v) is 1.34. The molecule has 3 N–H and O–H groups in total. The normalized spacial score (nSPS) is 9.31. The van der Waals surface area contributed by atoms with E-state index in [0.29, 0.717) is 0 Å². The number of benzene rings is 1. The van der Waals surface area contributed by atoms with Gasteiger partial charge < -0.3 is 11.1 Å². The second kappa shape index (κ2) is 9.19. The molecule has 0 radical (unpaired) electrons. The number of hydrogen-bond donors (Lipinski definition) is 2. The Bertz CT molecular complexity index is 290. The van der Waals surface area contributed by atoms with E-state index in [1.807, 2.05) is 30.3 Å². The molecule has 1 aromatic rings. The van der Waals surface area contributed by atoms with Gasteiger partial charge in [0.25, 0.3) is 5.91 Å². The van der Waals surface area contributed by atoms with Crippen LogP contribution in [0.5, 0.6) is 0 Å². The molecule has 4 heteroatoms. The van der Waals surface area contributed by atoms with Gasteiger partial charge in [0.2, 0.25) is 0 Å². The zero-order valence-electron chi connectivity index (χ0n) is 9.32. The van der Waals surface area contributed by atoms with Crippen LogP contribution in [0.3, 0.4) is 0 Å². The van der Waals surface area contributed by atoms with Crippen LogP contribution in [0.2, 0.25) is 0 Å². The molecule has 0 aliphatic heterocycles. The monoisotopic (exact) mass is 242 g/mol. The van der Waals surface area contributed by atoms with E-state index in [1.54, 1.807) is 0 Å². The second-order valence-electron chi connectivity index (χ2n) is 3.47. The smallest absolute Gasteiger partial charge is 0.251 e. The van der Waals surface area contributed by atoms with Crippen LogP contribution >= 0.6 is 12.4 Å². The van der Waals surface area contributed by atoms with Gasteiger partial charge in [-0.15, -0.1) is 12.4 Å². The molecular weight excluding hydrogens is 224 g/mol. The molecule has 0 saturated heterocycles. The van der Waals surface area contributed by atoms with Gasteiger partial charge in [0.15, 0.2) is 0 Å². The van der Waals surface area contributed by atoms with E-state index in [2.05, 4.69) is 5.32 Å². The summed E-state index contributed by atoms with van der Waals surface area (Å²) < 4.78 is 0. The highest BCUT2D eigenvalue weighted by atomic mass is 35.5. The van der Waals surface area contributed by atoms with Gasteiger partial charge in [0.1, 0.15) is 0 Å². The van der Waals surface area contributed by atoms with Gasteiger partial charge in [0.05, 0.1) is 0 Å². The van der Waals surface area contributed by atoms with Crippen molar-refractivity contribution in [1.29, 1.82) is 0 Å². The molecule has 0 bridgehead atoms. The summed E-state index contributed by atoms with van der Waals surface area (Å²) in [6, 6.07) is 9.26. The lowest BCUT2D eigenvalue weighted by Crippen LogP contribution is -2.24. The lowest BCUT2D eigenvalue weighted by molar-refractivity contribution is 0.0953. The summed E-state index contributed by atoms with van der Waals surface area (Å²) >= 11 is 0. The second-order valence-corrected chi connectivity index (χ2v) is 3.47.